The van der Waals surface area contributed by atoms with Gasteiger partial charge in [0.05, 0.1) is 17.5 Å². The predicted molar refractivity (Wildman–Crippen MR) is 124 cm³/mol. The minimum absolute atomic E-state index is 0.0169. The zero-order chi connectivity index (χ0) is 21.0. The molecule has 2 heterocycles. The lowest BCUT2D eigenvalue weighted by molar-refractivity contribution is -0.116. The van der Waals surface area contributed by atoms with Crippen LogP contribution >= 0.6 is 23.5 Å². The van der Waals surface area contributed by atoms with Gasteiger partial charge in [-0.1, -0.05) is 72.4 Å². The van der Waals surface area contributed by atoms with Gasteiger partial charge in [0.15, 0.2) is 0 Å². The number of carbonyl (C=O) groups excluding carboxylic acids is 1. The lowest BCUT2D eigenvalue weighted by atomic mass is 10.1. The Morgan fingerprint density at radius 1 is 0.968 bits per heavy atom. The average Bonchev–Trinajstić information content (AvgIpc) is 3.32. The van der Waals surface area contributed by atoms with Crippen LogP contribution in [0.15, 0.2) is 99.5 Å². The van der Waals surface area contributed by atoms with Crippen molar-refractivity contribution in [3.05, 3.63) is 90.5 Å². The molecule has 5 nitrogen and oxygen atoms in total. The fourth-order valence-electron chi connectivity index (χ4n) is 3.58. The number of hydrogen-bond acceptors (Lipinski definition) is 6. The number of amides is 1. The van der Waals surface area contributed by atoms with E-state index in [0.717, 1.165) is 27.5 Å². The number of hydrogen-bond donors (Lipinski definition) is 0. The second kappa shape index (κ2) is 8.99. The number of nitrogens with zero attached hydrogens (tertiary/aromatic N) is 3. The number of benzene rings is 3. The van der Waals surface area contributed by atoms with E-state index in [4.69, 9.17) is 4.42 Å². The Balaban J connectivity index is 1.37. The molecular formula is C24H19N3O2S2. The van der Waals surface area contributed by atoms with Crippen LogP contribution in [0.4, 0.5) is 5.69 Å². The molecule has 4 aromatic rings. The summed E-state index contributed by atoms with van der Waals surface area (Å²) in [4.78, 5) is 16.4. The molecule has 0 saturated carbocycles. The van der Waals surface area contributed by atoms with E-state index in [0.29, 0.717) is 11.1 Å². The zero-order valence-corrected chi connectivity index (χ0v) is 18.2. The summed E-state index contributed by atoms with van der Waals surface area (Å²) < 4.78 is 5.75. The van der Waals surface area contributed by atoms with Gasteiger partial charge in [0.25, 0.3) is 5.22 Å². The highest BCUT2D eigenvalue weighted by atomic mass is 32.2. The quantitative estimate of drug-likeness (QED) is 0.367. The summed E-state index contributed by atoms with van der Waals surface area (Å²) >= 11 is 3.06. The van der Waals surface area contributed by atoms with Gasteiger partial charge in [-0.25, -0.2) is 0 Å². The molecule has 3 aromatic carbocycles. The molecule has 1 aliphatic heterocycles. The predicted octanol–water partition coefficient (Wildman–Crippen LogP) is 5.71. The maximum absolute atomic E-state index is 13.4. The Morgan fingerprint density at radius 2 is 1.68 bits per heavy atom. The molecule has 0 N–H and O–H groups in total. The molecule has 1 amide bonds. The number of para-hydroxylation sites is 1. The summed E-state index contributed by atoms with van der Waals surface area (Å²) in [5.41, 5.74) is 2.94. The summed E-state index contributed by atoms with van der Waals surface area (Å²) in [6.07, 6.45) is 0. The van der Waals surface area contributed by atoms with Crippen molar-refractivity contribution < 1.29 is 9.21 Å². The molecular weight excluding hydrogens is 426 g/mol. The van der Waals surface area contributed by atoms with E-state index in [-0.39, 0.29) is 17.7 Å². The fourth-order valence-corrected chi connectivity index (χ4v) is 5.37. The third-order valence-electron chi connectivity index (χ3n) is 5.03. The Morgan fingerprint density at radius 3 is 2.48 bits per heavy atom. The lowest BCUT2D eigenvalue weighted by Gasteiger charge is -2.37. The molecule has 154 valence electrons. The van der Waals surface area contributed by atoms with E-state index < -0.39 is 0 Å². The van der Waals surface area contributed by atoms with Gasteiger partial charge in [-0.05, 0) is 29.8 Å². The first kappa shape index (κ1) is 19.9. The third kappa shape index (κ3) is 4.24. The second-order valence-electron chi connectivity index (χ2n) is 7.00. The molecule has 1 atom stereocenters. The van der Waals surface area contributed by atoms with Crippen LogP contribution in [0.1, 0.15) is 11.6 Å². The molecule has 0 fully saturated rings. The largest absolute Gasteiger partial charge is 0.411 e. The summed E-state index contributed by atoms with van der Waals surface area (Å²) in [6.45, 7) is 0. The highest BCUT2D eigenvalue weighted by Gasteiger charge is 2.32. The fraction of sp³-hybridized carbons (Fsp3) is 0.125. The van der Waals surface area contributed by atoms with E-state index >= 15 is 0 Å². The van der Waals surface area contributed by atoms with Gasteiger partial charge in [0, 0.05) is 16.2 Å². The number of aromatic nitrogens is 2. The van der Waals surface area contributed by atoms with Crippen LogP contribution in [0.3, 0.4) is 0 Å². The molecule has 7 heteroatoms. The zero-order valence-electron chi connectivity index (χ0n) is 16.5. The number of fused-ring (bicyclic) bond motifs is 1. The number of carbonyl (C=O) groups is 1. The summed E-state index contributed by atoms with van der Waals surface area (Å²) in [6, 6.07) is 27.9. The maximum Gasteiger partial charge on any atom is 0.277 e. The van der Waals surface area contributed by atoms with E-state index in [1.165, 1.54) is 11.8 Å². The Labute approximate surface area is 188 Å². The summed E-state index contributed by atoms with van der Waals surface area (Å²) in [5, 5.41) is 8.60. The van der Waals surface area contributed by atoms with Crippen molar-refractivity contribution in [3.63, 3.8) is 0 Å². The van der Waals surface area contributed by atoms with E-state index in [1.807, 2.05) is 71.6 Å². The van der Waals surface area contributed by atoms with Crippen molar-refractivity contribution >= 4 is 35.1 Å². The van der Waals surface area contributed by atoms with Gasteiger partial charge in [-0.15, -0.1) is 22.0 Å². The first-order valence-electron chi connectivity index (χ1n) is 9.90. The molecule has 5 rings (SSSR count). The van der Waals surface area contributed by atoms with Crippen LogP contribution in [0, 0.1) is 0 Å². The molecule has 0 unspecified atom stereocenters. The van der Waals surface area contributed by atoms with Crippen molar-refractivity contribution in [2.24, 2.45) is 0 Å². The Kier molecular flexibility index (Phi) is 5.78. The summed E-state index contributed by atoms with van der Waals surface area (Å²) in [7, 11) is 0. The normalized spacial score (nSPS) is 15.5. The van der Waals surface area contributed by atoms with E-state index in [1.54, 1.807) is 11.8 Å². The van der Waals surface area contributed by atoms with Crippen molar-refractivity contribution in [2.75, 3.05) is 16.4 Å². The van der Waals surface area contributed by atoms with Gasteiger partial charge in [-0.2, -0.15) is 0 Å². The van der Waals surface area contributed by atoms with Gasteiger partial charge in [-0.3, -0.25) is 4.79 Å². The molecule has 0 radical (unpaired) electrons. The summed E-state index contributed by atoms with van der Waals surface area (Å²) in [5.74, 6) is 1.51. The monoisotopic (exact) mass is 445 g/mol. The highest BCUT2D eigenvalue weighted by molar-refractivity contribution is 8.00. The van der Waals surface area contributed by atoms with Crippen LogP contribution in [0.25, 0.3) is 11.5 Å². The number of rotatable bonds is 5. The molecule has 31 heavy (non-hydrogen) atoms. The van der Waals surface area contributed by atoms with Gasteiger partial charge in [0.1, 0.15) is 0 Å². The molecule has 0 spiro atoms. The van der Waals surface area contributed by atoms with E-state index in [9.17, 15) is 4.79 Å². The number of thioether (sulfide) groups is 2. The molecule has 1 aromatic heterocycles. The first-order valence-corrected chi connectivity index (χ1v) is 11.9. The van der Waals surface area contributed by atoms with Gasteiger partial charge < -0.3 is 9.32 Å². The SMILES string of the molecule is O=C(CSc1nnc(-c2ccccc2)o1)N1c2ccccc2SC[C@H]1c1ccccc1. The Bertz CT molecular complexity index is 1180. The van der Waals surface area contributed by atoms with Crippen LogP contribution in [0.2, 0.25) is 0 Å². The van der Waals surface area contributed by atoms with Crippen molar-refractivity contribution in [2.45, 2.75) is 16.2 Å². The second-order valence-corrected chi connectivity index (χ2v) is 8.99. The lowest BCUT2D eigenvalue weighted by Crippen LogP contribution is -2.39. The first-order chi connectivity index (χ1) is 15.3. The van der Waals surface area contributed by atoms with Gasteiger partial charge >= 0.3 is 0 Å². The highest BCUT2D eigenvalue weighted by Crippen LogP contribution is 2.43. The van der Waals surface area contributed by atoms with Crippen LogP contribution in [-0.4, -0.2) is 27.6 Å². The molecule has 0 saturated heterocycles. The van der Waals surface area contributed by atoms with Crippen LogP contribution in [0.5, 0.6) is 0 Å². The van der Waals surface area contributed by atoms with Crippen LogP contribution < -0.4 is 4.90 Å². The Hall–Kier alpha value is -3.03. The van der Waals surface area contributed by atoms with E-state index in [2.05, 4.69) is 28.4 Å². The average molecular weight is 446 g/mol. The number of anilines is 1. The molecule has 0 bridgehead atoms. The van der Waals surface area contributed by atoms with Gasteiger partial charge in [0.2, 0.25) is 11.8 Å². The third-order valence-corrected chi connectivity index (χ3v) is 6.97. The minimum Gasteiger partial charge on any atom is -0.411 e. The topological polar surface area (TPSA) is 59.2 Å². The van der Waals surface area contributed by atoms with Crippen molar-refractivity contribution in [3.8, 4) is 11.5 Å². The molecule has 1 aliphatic rings. The smallest absolute Gasteiger partial charge is 0.277 e. The maximum atomic E-state index is 13.4. The van der Waals surface area contributed by atoms with Crippen molar-refractivity contribution in [1.82, 2.24) is 10.2 Å². The standard InChI is InChI=1S/C24H19N3O2S2/c28-22(16-31-24-26-25-23(29-24)18-11-5-2-6-12-18)27-19-13-7-8-14-21(19)30-15-20(27)17-9-3-1-4-10-17/h1-14,20H,15-16H2/t20-/m0/s1. The van der Waals surface area contributed by atoms with Crippen molar-refractivity contribution in [1.29, 1.82) is 0 Å². The minimum atomic E-state index is -0.0169. The molecule has 0 aliphatic carbocycles. The van der Waals surface area contributed by atoms with Crippen LogP contribution in [-0.2, 0) is 4.79 Å².